The Morgan fingerprint density at radius 2 is 2.35 bits per heavy atom. The number of nitrogens with zero attached hydrogens (tertiary/aromatic N) is 4. The first-order valence-electron chi connectivity index (χ1n) is 7.80. The number of nitrogens with one attached hydrogen (secondary N) is 1. The smallest absolute Gasteiger partial charge is 0.321 e. The molecule has 3 rings (SSSR count). The molecule has 0 aliphatic carbocycles. The number of amides is 2. The Kier molecular flexibility index (Phi) is 5.17. The number of pyridine rings is 1. The van der Waals surface area contributed by atoms with Crippen molar-refractivity contribution in [1.29, 1.82) is 0 Å². The van der Waals surface area contributed by atoms with E-state index in [0.29, 0.717) is 6.54 Å². The fourth-order valence-electron chi connectivity index (χ4n) is 2.56. The van der Waals surface area contributed by atoms with Gasteiger partial charge in [-0.05, 0) is 31.2 Å². The fourth-order valence-corrected chi connectivity index (χ4v) is 3.60. The molecule has 2 aromatic rings. The molecule has 1 saturated heterocycles. The van der Waals surface area contributed by atoms with Gasteiger partial charge in [0.1, 0.15) is 0 Å². The summed E-state index contributed by atoms with van der Waals surface area (Å²) in [6.45, 7) is 3.49. The molecule has 1 aliphatic rings. The third kappa shape index (κ3) is 4.25. The SMILES string of the molecule is C[C@@H]1CCSCCN1C(=O)Nc1cnn(Cc2ccccn2)c1. The summed E-state index contributed by atoms with van der Waals surface area (Å²) in [5.41, 5.74) is 1.65. The van der Waals surface area contributed by atoms with Crippen molar-refractivity contribution in [3.05, 3.63) is 42.5 Å². The van der Waals surface area contributed by atoms with Gasteiger partial charge in [0.25, 0.3) is 0 Å². The van der Waals surface area contributed by atoms with Gasteiger partial charge in [0, 0.05) is 30.7 Å². The van der Waals surface area contributed by atoms with Crippen molar-refractivity contribution < 1.29 is 4.79 Å². The zero-order valence-electron chi connectivity index (χ0n) is 13.2. The van der Waals surface area contributed by atoms with Gasteiger partial charge in [0.05, 0.1) is 24.1 Å². The summed E-state index contributed by atoms with van der Waals surface area (Å²) in [5, 5.41) is 7.24. The minimum atomic E-state index is -0.0441. The van der Waals surface area contributed by atoms with E-state index in [0.717, 1.165) is 35.9 Å². The van der Waals surface area contributed by atoms with Crippen molar-refractivity contribution in [3.8, 4) is 0 Å². The van der Waals surface area contributed by atoms with Crippen LogP contribution in [0.25, 0.3) is 0 Å². The van der Waals surface area contributed by atoms with E-state index in [1.54, 1.807) is 17.1 Å². The number of urea groups is 1. The van der Waals surface area contributed by atoms with Gasteiger partial charge in [-0.25, -0.2) is 4.79 Å². The Morgan fingerprint density at radius 3 is 3.17 bits per heavy atom. The third-order valence-electron chi connectivity index (χ3n) is 3.88. The lowest BCUT2D eigenvalue weighted by atomic mass is 10.2. The maximum absolute atomic E-state index is 12.5. The lowest BCUT2D eigenvalue weighted by molar-refractivity contribution is 0.197. The van der Waals surface area contributed by atoms with Crippen molar-refractivity contribution in [2.24, 2.45) is 0 Å². The molecule has 0 bridgehead atoms. The summed E-state index contributed by atoms with van der Waals surface area (Å²) < 4.78 is 1.78. The Morgan fingerprint density at radius 1 is 1.43 bits per heavy atom. The van der Waals surface area contributed by atoms with Crippen LogP contribution < -0.4 is 5.32 Å². The first-order valence-corrected chi connectivity index (χ1v) is 8.95. The number of anilines is 1. The summed E-state index contributed by atoms with van der Waals surface area (Å²) in [6, 6.07) is 6.02. The van der Waals surface area contributed by atoms with Gasteiger partial charge in [-0.3, -0.25) is 9.67 Å². The largest absolute Gasteiger partial charge is 0.322 e. The van der Waals surface area contributed by atoms with E-state index in [2.05, 4.69) is 22.3 Å². The van der Waals surface area contributed by atoms with Gasteiger partial charge in [-0.2, -0.15) is 16.9 Å². The summed E-state index contributed by atoms with van der Waals surface area (Å²) in [4.78, 5) is 18.6. The standard InChI is InChI=1S/C16H21N5OS/c1-13-5-8-23-9-7-21(13)16(22)19-15-10-18-20(12-15)11-14-4-2-3-6-17-14/h2-4,6,10,12-13H,5,7-9,11H2,1H3,(H,19,22)/t13-/m1/s1. The number of carbonyl (C=O) groups excluding carboxylic acids is 1. The molecule has 2 amide bonds. The fraction of sp³-hybridized carbons (Fsp3) is 0.438. The van der Waals surface area contributed by atoms with E-state index >= 15 is 0 Å². The zero-order chi connectivity index (χ0) is 16.1. The van der Waals surface area contributed by atoms with Gasteiger partial charge < -0.3 is 10.2 Å². The summed E-state index contributed by atoms with van der Waals surface area (Å²) in [7, 11) is 0. The molecule has 23 heavy (non-hydrogen) atoms. The Balaban J connectivity index is 1.61. The molecule has 2 aromatic heterocycles. The monoisotopic (exact) mass is 331 g/mol. The predicted molar refractivity (Wildman–Crippen MR) is 92.7 cm³/mol. The van der Waals surface area contributed by atoms with Crippen LogP contribution in [0.2, 0.25) is 0 Å². The molecule has 3 heterocycles. The van der Waals surface area contributed by atoms with Crippen molar-refractivity contribution in [2.45, 2.75) is 25.9 Å². The molecule has 0 unspecified atom stereocenters. The second-order valence-corrected chi connectivity index (χ2v) is 6.85. The molecule has 7 heteroatoms. The topological polar surface area (TPSA) is 63.1 Å². The van der Waals surface area contributed by atoms with Gasteiger partial charge in [-0.1, -0.05) is 6.07 Å². The highest BCUT2D eigenvalue weighted by Gasteiger charge is 2.22. The number of hydrogen-bond acceptors (Lipinski definition) is 4. The highest BCUT2D eigenvalue weighted by Crippen LogP contribution is 2.17. The molecule has 0 radical (unpaired) electrons. The van der Waals surface area contributed by atoms with Gasteiger partial charge in [0.2, 0.25) is 0 Å². The van der Waals surface area contributed by atoms with Crippen molar-refractivity contribution in [1.82, 2.24) is 19.7 Å². The summed E-state index contributed by atoms with van der Waals surface area (Å²) >= 11 is 1.91. The van der Waals surface area contributed by atoms with Crippen molar-refractivity contribution >= 4 is 23.5 Å². The molecular weight excluding hydrogens is 310 g/mol. The number of thioether (sulfide) groups is 1. The van der Waals surface area contributed by atoms with Gasteiger partial charge in [-0.15, -0.1) is 0 Å². The molecule has 0 spiro atoms. The number of hydrogen-bond donors (Lipinski definition) is 1. The maximum Gasteiger partial charge on any atom is 0.322 e. The van der Waals surface area contributed by atoms with E-state index in [9.17, 15) is 4.79 Å². The first kappa shape index (κ1) is 15.9. The molecule has 1 fully saturated rings. The quantitative estimate of drug-likeness (QED) is 0.939. The van der Waals surface area contributed by atoms with Crippen LogP contribution in [0, 0.1) is 0 Å². The Hall–Kier alpha value is -2.02. The van der Waals surface area contributed by atoms with Crippen LogP contribution in [0.3, 0.4) is 0 Å². The Labute approximate surface area is 140 Å². The van der Waals surface area contributed by atoms with Crippen LogP contribution in [-0.4, -0.2) is 49.8 Å². The van der Waals surface area contributed by atoms with E-state index in [1.807, 2.05) is 41.1 Å². The predicted octanol–water partition coefficient (Wildman–Crippen LogP) is 2.69. The molecule has 1 atom stereocenters. The molecule has 0 saturated carbocycles. The number of carbonyl (C=O) groups is 1. The number of aromatic nitrogens is 3. The first-order chi connectivity index (χ1) is 11.2. The average molecular weight is 331 g/mol. The van der Waals surface area contributed by atoms with E-state index < -0.39 is 0 Å². The van der Waals surface area contributed by atoms with Gasteiger partial charge in [0.15, 0.2) is 0 Å². The minimum Gasteiger partial charge on any atom is -0.321 e. The second kappa shape index (κ2) is 7.50. The van der Waals surface area contributed by atoms with Crippen molar-refractivity contribution in [3.63, 3.8) is 0 Å². The van der Waals surface area contributed by atoms with Crippen LogP contribution in [-0.2, 0) is 6.54 Å². The van der Waals surface area contributed by atoms with Crippen LogP contribution in [0.5, 0.6) is 0 Å². The lowest BCUT2D eigenvalue weighted by Gasteiger charge is -2.26. The van der Waals surface area contributed by atoms with E-state index in [-0.39, 0.29) is 12.1 Å². The Bertz CT molecular complexity index is 645. The van der Waals surface area contributed by atoms with Gasteiger partial charge >= 0.3 is 6.03 Å². The van der Waals surface area contributed by atoms with Crippen LogP contribution in [0.1, 0.15) is 19.0 Å². The van der Waals surface area contributed by atoms with E-state index in [1.165, 1.54) is 0 Å². The molecule has 1 aliphatic heterocycles. The third-order valence-corrected chi connectivity index (χ3v) is 4.88. The summed E-state index contributed by atoms with van der Waals surface area (Å²) in [5.74, 6) is 2.11. The molecular formula is C16H21N5OS. The minimum absolute atomic E-state index is 0.0441. The molecule has 0 aromatic carbocycles. The van der Waals surface area contributed by atoms with Crippen LogP contribution >= 0.6 is 11.8 Å². The van der Waals surface area contributed by atoms with E-state index in [4.69, 9.17) is 0 Å². The van der Waals surface area contributed by atoms with Crippen LogP contribution in [0.4, 0.5) is 10.5 Å². The maximum atomic E-state index is 12.5. The highest BCUT2D eigenvalue weighted by atomic mass is 32.2. The molecule has 6 nitrogen and oxygen atoms in total. The summed E-state index contributed by atoms with van der Waals surface area (Å²) in [6.07, 6.45) is 6.32. The molecule has 1 N–H and O–H groups in total. The molecule has 122 valence electrons. The lowest BCUT2D eigenvalue weighted by Crippen LogP contribution is -2.41. The highest BCUT2D eigenvalue weighted by molar-refractivity contribution is 7.99. The van der Waals surface area contributed by atoms with Crippen LogP contribution in [0.15, 0.2) is 36.8 Å². The normalized spacial score (nSPS) is 18.5. The average Bonchev–Trinajstić information content (AvgIpc) is 2.86. The second-order valence-electron chi connectivity index (χ2n) is 5.62. The van der Waals surface area contributed by atoms with Crippen molar-refractivity contribution in [2.75, 3.05) is 23.4 Å². The zero-order valence-corrected chi connectivity index (χ0v) is 14.0. The number of rotatable bonds is 3.